The second-order valence-corrected chi connectivity index (χ2v) is 6.54. The molecule has 3 atom stereocenters. The molecule has 2 fully saturated rings. The van der Waals surface area contributed by atoms with Crippen molar-refractivity contribution in [1.82, 2.24) is 14.9 Å². The molecule has 4 rings (SSSR count). The van der Waals surface area contributed by atoms with E-state index in [1.54, 1.807) is 0 Å². The molecule has 5 nitrogen and oxygen atoms in total. The highest BCUT2D eigenvalue weighted by Crippen LogP contribution is 2.32. The van der Waals surface area contributed by atoms with Gasteiger partial charge in [-0.05, 0) is 42.2 Å². The second-order valence-electron chi connectivity index (χ2n) is 6.54. The van der Waals surface area contributed by atoms with E-state index in [9.17, 15) is 0 Å². The summed E-state index contributed by atoms with van der Waals surface area (Å²) in [5, 5.41) is 0. The molecule has 5 heteroatoms. The van der Waals surface area contributed by atoms with Gasteiger partial charge >= 0.3 is 0 Å². The van der Waals surface area contributed by atoms with E-state index in [4.69, 9.17) is 9.47 Å². The lowest BCUT2D eigenvalue weighted by atomic mass is 10.0. The maximum atomic E-state index is 6.22. The van der Waals surface area contributed by atoms with Crippen molar-refractivity contribution >= 4 is 0 Å². The Labute approximate surface area is 142 Å². The number of hydrogen-bond acceptors (Lipinski definition) is 5. The van der Waals surface area contributed by atoms with Gasteiger partial charge in [0, 0.05) is 50.5 Å². The van der Waals surface area contributed by atoms with Crippen molar-refractivity contribution < 1.29 is 9.47 Å². The van der Waals surface area contributed by atoms with Crippen molar-refractivity contribution in [2.45, 2.75) is 44.2 Å². The normalized spacial score (nSPS) is 27.1. The Hall–Kier alpha value is -1.82. The lowest BCUT2D eigenvalue weighted by Gasteiger charge is -2.32. The molecule has 0 spiro atoms. The van der Waals surface area contributed by atoms with E-state index in [-0.39, 0.29) is 12.2 Å². The van der Waals surface area contributed by atoms with Crippen LogP contribution in [-0.4, -0.2) is 46.3 Å². The zero-order valence-electron chi connectivity index (χ0n) is 13.8. The number of pyridine rings is 2. The molecule has 2 aromatic heterocycles. The van der Waals surface area contributed by atoms with Gasteiger partial charge < -0.3 is 9.47 Å². The third-order valence-corrected chi connectivity index (χ3v) is 4.91. The van der Waals surface area contributed by atoms with E-state index in [0.29, 0.717) is 12.6 Å². The zero-order chi connectivity index (χ0) is 16.2. The summed E-state index contributed by atoms with van der Waals surface area (Å²) in [5.74, 6) is 0. The van der Waals surface area contributed by atoms with Crippen LogP contribution in [0, 0.1) is 0 Å². The van der Waals surface area contributed by atoms with Gasteiger partial charge in [-0.2, -0.15) is 0 Å². The third-order valence-electron chi connectivity index (χ3n) is 4.91. The first kappa shape index (κ1) is 15.7. The Bertz CT molecular complexity index is 638. The number of ether oxygens (including phenoxy) is 2. The molecule has 0 aromatic carbocycles. The summed E-state index contributed by atoms with van der Waals surface area (Å²) in [6.45, 7) is 3.28. The molecule has 0 bridgehead atoms. The molecule has 2 aliphatic rings. The quantitative estimate of drug-likeness (QED) is 0.845. The first-order chi connectivity index (χ1) is 11.9. The van der Waals surface area contributed by atoms with E-state index in [1.807, 2.05) is 43.0 Å². The minimum atomic E-state index is 0.125. The van der Waals surface area contributed by atoms with Crippen molar-refractivity contribution in [2.75, 3.05) is 13.2 Å². The molecule has 0 unspecified atom stereocenters. The summed E-state index contributed by atoms with van der Waals surface area (Å²) in [6, 6.07) is 8.58. The van der Waals surface area contributed by atoms with Crippen LogP contribution < -0.4 is 0 Å². The highest BCUT2D eigenvalue weighted by Gasteiger charge is 2.44. The molecule has 4 heterocycles. The molecule has 2 saturated heterocycles. The number of aromatic nitrogens is 2. The third kappa shape index (κ3) is 3.48. The standard InChI is InChI=1S/C19H23N3O2/c1-3-16(11-21-7-1)12-22-13-18(19-17(22)4-2-10-23-19)24-14-15-5-8-20-9-6-15/h1,3,5-9,11,17-19H,2,4,10,12-14H2/t17-,18+,19+/m1/s1. The highest BCUT2D eigenvalue weighted by molar-refractivity contribution is 5.11. The van der Waals surface area contributed by atoms with Gasteiger partial charge in [-0.1, -0.05) is 6.07 Å². The summed E-state index contributed by atoms with van der Waals surface area (Å²) in [4.78, 5) is 10.8. The van der Waals surface area contributed by atoms with Crippen molar-refractivity contribution in [1.29, 1.82) is 0 Å². The van der Waals surface area contributed by atoms with E-state index in [1.165, 1.54) is 12.0 Å². The molecule has 0 aliphatic carbocycles. The highest BCUT2D eigenvalue weighted by atomic mass is 16.5. The van der Waals surface area contributed by atoms with E-state index in [0.717, 1.165) is 31.7 Å². The van der Waals surface area contributed by atoms with Crippen molar-refractivity contribution in [2.24, 2.45) is 0 Å². The van der Waals surface area contributed by atoms with Crippen LogP contribution in [0.2, 0.25) is 0 Å². The Balaban J connectivity index is 1.43. The maximum Gasteiger partial charge on any atom is 0.100 e. The van der Waals surface area contributed by atoms with Crippen LogP contribution in [0.5, 0.6) is 0 Å². The molecular weight excluding hydrogens is 302 g/mol. The van der Waals surface area contributed by atoms with Crippen molar-refractivity contribution in [3.05, 3.63) is 60.2 Å². The number of fused-ring (bicyclic) bond motifs is 1. The van der Waals surface area contributed by atoms with Gasteiger partial charge in [0.1, 0.15) is 6.10 Å². The predicted octanol–water partition coefficient (Wildman–Crippen LogP) is 2.43. The van der Waals surface area contributed by atoms with Crippen LogP contribution in [0.1, 0.15) is 24.0 Å². The topological polar surface area (TPSA) is 47.5 Å². The van der Waals surface area contributed by atoms with E-state index < -0.39 is 0 Å². The lowest BCUT2D eigenvalue weighted by molar-refractivity contribution is -0.0819. The molecule has 0 amide bonds. The van der Waals surface area contributed by atoms with Crippen LogP contribution in [0.3, 0.4) is 0 Å². The second kappa shape index (κ2) is 7.38. The molecule has 2 aromatic rings. The first-order valence-corrected chi connectivity index (χ1v) is 8.65. The first-order valence-electron chi connectivity index (χ1n) is 8.65. The van der Waals surface area contributed by atoms with Gasteiger partial charge in [0.05, 0.1) is 12.7 Å². The smallest absolute Gasteiger partial charge is 0.100 e. The van der Waals surface area contributed by atoms with Crippen LogP contribution in [0.15, 0.2) is 49.1 Å². The molecule has 24 heavy (non-hydrogen) atoms. The van der Waals surface area contributed by atoms with Gasteiger partial charge in [-0.15, -0.1) is 0 Å². The van der Waals surface area contributed by atoms with Crippen LogP contribution in [-0.2, 0) is 22.6 Å². The fourth-order valence-electron chi connectivity index (χ4n) is 3.74. The van der Waals surface area contributed by atoms with Crippen molar-refractivity contribution in [3.63, 3.8) is 0 Å². The summed E-state index contributed by atoms with van der Waals surface area (Å²) < 4.78 is 12.3. The van der Waals surface area contributed by atoms with E-state index in [2.05, 4.69) is 20.9 Å². The molecule has 0 saturated carbocycles. The SMILES string of the molecule is c1cncc(CN2C[C@H](OCc3ccncc3)[C@H]3OCCC[C@H]32)c1. The van der Waals surface area contributed by atoms with Crippen LogP contribution in [0.25, 0.3) is 0 Å². The number of nitrogens with zero attached hydrogens (tertiary/aromatic N) is 3. The molecular formula is C19H23N3O2. The summed E-state index contributed by atoms with van der Waals surface area (Å²) in [7, 11) is 0. The zero-order valence-corrected chi connectivity index (χ0v) is 13.8. The Morgan fingerprint density at radius 3 is 2.88 bits per heavy atom. The Morgan fingerprint density at radius 2 is 2.04 bits per heavy atom. The minimum absolute atomic E-state index is 0.125. The van der Waals surface area contributed by atoms with Gasteiger partial charge in [0.25, 0.3) is 0 Å². The Kier molecular flexibility index (Phi) is 4.83. The number of rotatable bonds is 5. The van der Waals surface area contributed by atoms with Gasteiger partial charge in [-0.3, -0.25) is 14.9 Å². The van der Waals surface area contributed by atoms with Gasteiger partial charge in [0.2, 0.25) is 0 Å². The lowest BCUT2D eigenvalue weighted by Crippen LogP contribution is -2.41. The van der Waals surface area contributed by atoms with Crippen molar-refractivity contribution in [3.8, 4) is 0 Å². The minimum Gasteiger partial charge on any atom is -0.374 e. The largest absolute Gasteiger partial charge is 0.374 e. The molecule has 126 valence electrons. The Morgan fingerprint density at radius 1 is 1.12 bits per heavy atom. The fraction of sp³-hybridized carbons (Fsp3) is 0.474. The molecule has 0 N–H and O–H groups in total. The maximum absolute atomic E-state index is 6.22. The molecule has 2 aliphatic heterocycles. The fourth-order valence-corrected chi connectivity index (χ4v) is 3.74. The average molecular weight is 325 g/mol. The van der Waals surface area contributed by atoms with Crippen LogP contribution >= 0.6 is 0 Å². The van der Waals surface area contributed by atoms with Crippen LogP contribution in [0.4, 0.5) is 0 Å². The number of likely N-dealkylation sites (tertiary alicyclic amines) is 1. The van der Waals surface area contributed by atoms with Gasteiger partial charge in [0.15, 0.2) is 0 Å². The predicted molar refractivity (Wildman–Crippen MR) is 90.2 cm³/mol. The average Bonchev–Trinajstić information content (AvgIpc) is 3.00. The number of hydrogen-bond donors (Lipinski definition) is 0. The summed E-state index contributed by atoms with van der Waals surface area (Å²) in [5.41, 5.74) is 2.40. The van der Waals surface area contributed by atoms with E-state index >= 15 is 0 Å². The summed E-state index contributed by atoms with van der Waals surface area (Å²) >= 11 is 0. The molecule has 0 radical (unpaired) electrons. The van der Waals surface area contributed by atoms with Gasteiger partial charge in [-0.25, -0.2) is 0 Å². The summed E-state index contributed by atoms with van der Waals surface area (Å²) in [6.07, 6.45) is 9.99. The monoisotopic (exact) mass is 325 g/mol.